The number of carbonyl (C=O) groups is 2. The predicted molar refractivity (Wildman–Crippen MR) is 187 cm³/mol. The van der Waals surface area contributed by atoms with E-state index >= 15 is 0 Å². The summed E-state index contributed by atoms with van der Waals surface area (Å²) in [5, 5.41) is 13.6. The first-order chi connectivity index (χ1) is 22.9. The Hall–Kier alpha value is -3.48. The van der Waals surface area contributed by atoms with Gasteiger partial charge in [-0.05, 0) is 81.1 Å². The van der Waals surface area contributed by atoms with Gasteiger partial charge in [0.15, 0.2) is 0 Å². The van der Waals surface area contributed by atoms with E-state index in [-0.39, 0.29) is 60.4 Å². The van der Waals surface area contributed by atoms with E-state index in [2.05, 4.69) is 5.32 Å². The van der Waals surface area contributed by atoms with Crippen molar-refractivity contribution < 1.29 is 32.6 Å². The molecule has 2 amide bonds. The molecule has 0 spiro atoms. The third kappa shape index (κ3) is 10.0. The Morgan fingerprint density at radius 3 is 2.48 bits per heavy atom. The van der Waals surface area contributed by atoms with Crippen LogP contribution >= 0.6 is 11.6 Å². The molecule has 10 nitrogen and oxygen atoms in total. The highest BCUT2D eigenvalue weighted by Gasteiger charge is 2.32. The van der Waals surface area contributed by atoms with Gasteiger partial charge in [0.1, 0.15) is 5.75 Å². The van der Waals surface area contributed by atoms with E-state index in [0.29, 0.717) is 29.5 Å². The van der Waals surface area contributed by atoms with E-state index in [4.69, 9.17) is 21.1 Å². The Labute approximate surface area is 289 Å². The average molecular weight is 700 g/mol. The monoisotopic (exact) mass is 699 g/mol. The highest BCUT2D eigenvalue weighted by Crippen LogP contribution is 2.29. The van der Waals surface area contributed by atoms with Crippen LogP contribution in [0.3, 0.4) is 0 Å². The number of aliphatic hydroxyl groups is 1. The van der Waals surface area contributed by atoms with Crippen LogP contribution in [0.4, 0.5) is 5.69 Å². The normalized spacial score (nSPS) is 20.4. The molecule has 4 rings (SSSR count). The molecule has 0 saturated heterocycles. The quantitative estimate of drug-likeness (QED) is 0.296. The van der Waals surface area contributed by atoms with Crippen molar-refractivity contribution in [2.75, 3.05) is 38.7 Å². The number of fused-ring (bicyclic) bond motifs is 1. The zero-order valence-corrected chi connectivity index (χ0v) is 29.5. The smallest absolute Gasteiger partial charge is 0.258 e. The molecule has 0 aromatic heterocycles. The molecule has 48 heavy (non-hydrogen) atoms. The number of nitrogens with one attached hydrogen (secondary N) is 1. The Morgan fingerprint density at radius 2 is 1.79 bits per heavy atom. The van der Waals surface area contributed by atoms with Gasteiger partial charge in [0.05, 0.1) is 41.7 Å². The van der Waals surface area contributed by atoms with Gasteiger partial charge in [0.2, 0.25) is 15.9 Å². The summed E-state index contributed by atoms with van der Waals surface area (Å²) in [5.41, 5.74) is 1.56. The van der Waals surface area contributed by atoms with E-state index < -0.39 is 22.2 Å². The topological polar surface area (TPSA) is 125 Å². The summed E-state index contributed by atoms with van der Waals surface area (Å²) in [4.78, 5) is 28.9. The van der Waals surface area contributed by atoms with Gasteiger partial charge >= 0.3 is 0 Å². The maximum Gasteiger partial charge on any atom is 0.258 e. The van der Waals surface area contributed by atoms with Crippen LogP contribution in [-0.2, 0) is 26.0 Å². The van der Waals surface area contributed by atoms with Gasteiger partial charge in [-0.1, -0.05) is 48.9 Å². The van der Waals surface area contributed by atoms with E-state index in [0.717, 1.165) is 18.4 Å². The van der Waals surface area contributed by atoms with Gasteiger partial charge in [-0.15, -0.1) is 0 Å². The summed E-state index contributed by atoms with van der Waals surface area (Å²) in [6.07, 6.45) is 1.64. The molecule has 4 atom stereocenters. The van der Waals surface area contributed by atoms with Gasteiger partial charge < -0.3 is 24.8 Å². The molecule has 0 aliphatic carbocycles. The minimum absolute atomic E-state index is 0.0510. The Morgan fingerprint density at radius 1 is 1.08 bits per heavy atom. The van der Waals surface area contributed by atoms with Crippen LogP contribution < -0.4 is 10.1 Å². The lowest BCUT2D eigenvalue weighted by atomic mass is 10.0. The van der Waals surface area contributed by atoms with Gasteiger partial charge in [0.25, 0.3) is 5.91 Å². The van der Waals surface area contributed by atoms with Crippen molar-refractivity contribution in [1.29, 1.82) is 0 Å². The van der Waals surface area contributed by atoms with Gasteiger partial charge in [-0.2, -0.15) is 4.31 Å². The summed E-state index contributed by atoms with van der Waals surface area (Å²) < 4.78 is 40.7. The summed E-state index contributed by atoms with van der Waals surface area (Å²) in [6, 6.07) is 19.8. The highest BCUT2D eigenvalue weighted by molar-refractivity contribution is 7.89. The lowest BCUT2D eigenvalue weighted by Crippen LogP contribution is -2.48. The molecular formula is C36H46ClN3O7S. The number of likely N-dealkylation sites (N-methyl/N-ethyl adjacent to an activating group) is 1. The van der Waals surface area contributed by atoms with Crippen LogP contribution in [0.15, 0.2) is 77.7 Å². The van der Waals surface area contributed by atoms with Crippen LogP contribution in [-0.4, -0.2) is 86.1 Å². The molecule has 1 heterocycles. The van der Waals surface area contributed by atoms with Gasteiger partial charge in [0, 0.05) is 43.4 Å². The fourth-order valence-corrected chi connectivity index (χ4v) is 6.90. The number of hydrogen-bond acceptors (Lipinski definition) is 7. The second-order valence-corrected chi connectivity index (χ2v) is 14.9. The number of anilines is 1. The molecule has 1 aliphatic heterocycles. The number of halogens is 1. The molecule has 1 aliphatic rings. The van der Waals surface area contributed by atoms with Crippen molar-refractivity contribution in [2.45, 2.75) is 69.6 Å². The molecule has 2 N–H and O–H groups in total. The summed E-state index contributed by atoms with van der Waals surface area (Å²) in [6.45, 7) is 5.91. The highest BCUT2D eigenvalue weighted by atomic mass is 35.5. The van der Waals surface area contributed by atoms with Crippen molar-refractivity contribution in [3.63, 3.8) is 0 Å². The van der Waals surface area contributed by atoms with Crippen LogP contribution in [0, 0.1) is 5.92 Å². The largest absolute Gasteiger partial charge is 0.490 e. The summed E-state index contributed by atoms with van der Waals surface area (Å²) in [7, 11) is -2.34. The first-order valence-electron chi connectivity index (χ1n) is 16.3. The van der Waals surface area contributed by atoms with Crippen molar-refractivity contribution in [3.8, 4) is 5.75 Å². The molecule has 260 valence electrons. The maximum absolute atomic E-state index is 14.4. The standard InChI is InChI=1S/C36H46ClN3O7S/c1-25-22-40(26(2)24-41)36(43)32-21-30(38-35(42)20-28-11-6-5-7-12-28)15-18-33(32)47-27(3)10-8-9-19-46-34(25)23-39(4)48(44,45)31-16-13-29(37)14-17-31/h5-7,11-18,21,25-27,34,41H,8-10,19-20,22-24H2,1-4H3,(H,38,42)/t25-,26+,27+,34+/m1/s1. The Balaban J connectivity index is 1.62. The maximum atomic E-state index is 14.4. The molecule has 0 radical (unpaired) electrons. The van der Waals surface area contributed by atoms with Gasteiger partial charge in [-0.25, -0.2) is 8.42 Å². The van der Waals surface area contributed by atoms with Crippen LogP contribution in [0.2, 0.25) is 5.02 Å². The van der Waals surface area contributed by atoms with E-state index in [9.17, 15) is 23.1 Å². The second kappa shape index (κ2) is 17.3. The molecular weight excluding hydrogens is 654 g/mol. The zero-order chi connectivity index (χ0) is 34.8. The molecule has 3 aromatic carbocycles. The minimum atomic E-state index is -3.84. The van der Waals surface area contributed by atoms with E-state index in [1.165, 1.54) is 35.6 Å². The van der Waals surface area contributed by atoms with Gasteiger partial charge in [-0.3, -0.25) is 9.59 Å². The molecule has 0 unspecified atom stereocenters. The average Bonchev–Trinajstić information content (AvgIpc) is 3.06. The number of nitrogens with zero attached hydrogens (tertiary/aromatic N) is 2. The van der Waals surface area contributed by atoms with Crippen LogP contribution in [0.25, 0.3) is 0 Å². The molecule has 0 fully saturated rings. The molecule has 3 aromatic rings. The Bertz CT molecular complexity index is 1620. The van der Waals surface area contributed by atoms with Crippen LogP contribution in [0.5, 0.6) is 5.75 Å². The number of rotatable bonds is 9. The lowest BCUT2D eigenvalue weighted by molar-refractivity contribution is -0.115. The number of hydrogen-bond donors (Lipinski definition) is 2. The van der Waals surface area contributed by atoms with Crippen molar-refractivity contribution in [2.24, 2.45) is 5.92 Å². The summed E-state index contributed by atoms with van der Waals surface area (Å²) in [5.74, 6) is -0.556. The molecule has 12 heteroatoms. The van der Waals surface area contributed by atoms with Crippen LogP contribution in [0.1, 0.15) is 56.0 Å². The molecule has 0 bridgehead atoms. The fourth-order valence-electron chi connectivity index (χ4n) is 5.59. The number of amides is 2. The zero-order valence-electron chi connectivity index (χ0n) is 28.0. The third-order valence-electron chi connectivity index (χ3n) is 8.50. The number of sulfonamides is 1. The number of aliphatic hydroxyl groups excluding tert-OH is 1. The first-order valence-corrected chi connectivity index (χ1v) is 18.1. The SMILES string of the molecule is C[C@@H]1CN([C@@H](C)CO)C(=O)c2cc(NC(=O)Cc3ccccc3)ccc2O[C@@H](C)CCCCO[C@H]1CN(C)S(=O)(=O)c1ccc(Cl)cc1. The molecule has 0 saturated carbocycles. The Kier molecular flexibility index (Phi) is 13.4. The lowest BCUT2D eigenvalue weighted by Gasteiger charge is -2.35. The fraction of sp³-hybridized carbons (Fsp3) is 0.444. The number of carbonyl (C=O) groups excluding carboxylic acids is 2. The predicted octanol–water partition coefficient (Wildman–Crippen LogP) is 5.64. The van der Waals surface area contributed by atoms with E-state index in [1.807, 2.05) is 44.2 Å². The summed E-state index contributed by atoms with van der Waals surface area (Å²) >= 11 is 5.98. The number of benzene rings is 3. The second-order valence-electron chi connectivity index (χ2n) is 12.5. The minimum Gasteiger partial charge on any atom is -0.490 e. The van der Waals surface area contributed by atoms with Crippen molar-refractivity contribution in [3.05, 3.63) is 88.9 Å². The van der Waals surface area contributed by atoms with E-state index in [1.54, 1.807) is 30.0 Å². The first kappa shape index (κ1) is 37.3. The van der Waals surface area contributed by atoms with Crippen molar-refractivity contribution >= 4 is 39.1 Å². The van der Waals surface area contributed by atoms with Crippen molar-refractivity contribution in [1.82, 2.24) is 9.21 Å². The number of ether oxygens (including phenoxy) is 2. The third-order valence-corrected chi connectivity index (χ3v) is 10.6.